The first-order chi connectivity index (χ1) is 14.0. The van der Waals surface area contributed by atoms with Gasteiger partial charge in [-0.15, -0.1) is 0 Å². The standard InChI is InChI=1S/C20H23N5O4/c1-21-19(26)16-4-5-17(18(11-16)25(28)29)24-9-6-15(7-10-24)20(27)23-13-14-3-2-8-22-12-14/h2-5,8,11-12,15H,6-7,9-10,13H2,1H3,(H,21,26)(H,23,27). The Bertz CT molecular complexity index is 895. The second-order valence-corrected chi connectivity index (χ2v) is 6.88. The molecule has 0 radical (unpaired) electrons. The molecule has 1 aliphatic rings. The summed E-state index contributed by atoms with van der Waals surface area (Å²) in [5, 5.41) is 16.9. The Morgan fingerprint density at radius 2 is 2.03 bits per heavy atom. The molecule has 1 aromatic heterocycles. The number of amides is 2. The molecular weight excluding hydrogens is 374 g/mol. The number of carbonyl (C=O) groups is 2. The van der Waals surface area contributed by atoms with E-state index >= 15 is 0 Å². The third kappa shape index (κ3) is 4.87. The summed E-state index contributed by atoms with van der Waals surface area (Å²) in [7, 11) is 1.48. The molecule has 2 heterocycles. The first-order valence-corrected chi connectivity index (χ1v) is 9.41. The largest absolute Gasteiger partial charge is 0.366 e. The molecule has 2 amide bonds. The van der Waals surface area contributed by atoms with Crippen molar-refractivity contribution in [1.82, 2.24) is 15.6 Å². The summed E-state index contributed by atoms with van der Waals surface area (Å²) in [5.74, 6) is -0.520. The van der Waals surface area contributed by atoms with Crippen LogP contribution in [-0.4, -0.2) is 41.9 Å². The fourth-order valence-electron chi connectivity index (χ4n) is 3.44. The number of pyridine rings is 1. The van der Waals surface area contributed by atoms with E-state index in [0.29, 0.717) is 38.2 Å². The number of nitrogens with zero attached hydrogens (tertiary/aromatic N) is 3. The predicted molar refractivity (Wildman–Crippen MR) is 108 cm³/mol. The second-order valence-electron chi connectivity index (χ2n) is 6.88. The second kappa shape index (κ2) is 9.13. The minimum Gasteiger partial charge on any atom is -0.366 e. The average molecular weight is 397 g/mol. The molecule has 0 unspecified atom stereocenters. The maximum atomic E-state index is 12.4. The predicted octanol–water partition coefficient (Wildman–Crippen LogP) is 1.88. The summed E-state index contributed by atoms with van der Waals surface area (Å²) in [6.07, 6.45) is 4.60. The number of nitro benzene ring substituents is 1. The lowest BCUT2D eigenvalue weighted by Gasteiger charge is -2.32. The summed E-state index contributed by atoms with van der Waals surface area (Å²) in [6, 6.07) is 8.19. The van der Waals surface area contributed by atoms with Crippen molar-refractivity contribution in [3.05, 3.63) is 64.0 Å². The van der Waals surface area contributed by atoms with E-state index in [-0.39, 0.29) is 29.0 Å². The van der Waals surface area contributed by atoms with Crippen molar-refractivity contribution < 1.29 is 14.5 Å². The zero-order valence-electron chi connectivity index (χ0n) is 16.1. The molecule has 0 saturated carbocycles. The van der Waals surface area contributed by atoms with E-state index in [4.69, 9.17) is 0 Å². The molecule has 9 nitrogen and oxygen atoms in total. The highest BCUT2D eigenvalue weighted by Crippen LogP contribution is 2.32. The molecule has 1 fully saturated rings. The average Bonchev–Trinajstić information content (AvgIpc) is 2.77. The summed E-state index contributed by atoms with van der Waals surface area (Å²) in [5.41, 5.74) is 1.54. The first kappa shape index (κ1) is 20.2. The van der Waals surface area contributed by atoms with Crippen molar-refractivity contribution in [3.63, 3.8) is 0 Å². The monoisotopic (exact) mass is 397 g/mol. The van der Waals surface area contributed by atoms with Crippen LogP contribution in [0.25, 0.3) is 0 Å². The quantitative estimate of drug-likeness (QED) is 0.568. The lowest BCUT2D eigenvalue weighted by atomic mass is 9.95. The number of hydrogen-bond donors (Lipinski definition) is 2. The number of anilines is 1. The van der Waals surface area contributed by atoms with Gasteiger partial charge in [-0.2, -0.15) is 0 Å². The third-order valence-electron chi connectivity index (χ3n) is 5.06. The molecule has 2 aromatic rings. The van der Waals surface area contributed by atoms with Crippen LogP contribution in [0.5, 0.6) is 0 Å². The minimum absolute atomic E-state index is 0.0158. The molecule has 0 bridgehead atoms. The van der Waals surface area contributed by atoms with Crippen LogP contribution < -0.4 is 15.5 Å². The Balaban J connectivity index is 1.62. The maximum absolute atomic E-state index is 12.4. The maximum Gasteiger partial charge on any atom is 0.293 e. The summed E-state index contributed by atoms with van der Waals surface area (Å²) in [4.78, 5) is 41.1. The van der Waals surface area contributed by atoms with Crippen LogP contribution in [0.2, 0.25) is 0 Å². The molecule has 3 rings (SSSR count). The lowest BCUT2D eigenvalue weighted by molar-refractivity contribution is -0.384. The van der Waals surface area contributed by atoms with Crippen LogP contribution in [0.1, 0.15) is 28.8 Å². The van der Waals surface area contributed by atoms with E-state index in [2.05, 4.69) is 15.6 Å². The smallest absolute Gasteiger partial charge is 0.293 e. The van der Waals surface area contributed by atoms with E-state index in [1.807, 2.05) is 17.0 Å². The summed E-state index contributed by atoms with van der Waals surface area (Å²) >= 11 is 0. The van der Waals surface area contributed by atoms with Crippen LogP contribution in [0.4, 0.5) is 11.4 Å². The van der Waals surface area contributed by atoms with Gasteiger partial charge in [0.1, 0.15) is 5.69 Å². The van der Waals surface area contributed by atoms with Gasteiger partial charge in [-0.1, -0.05) is 6.07 Å². The Morgan fingerprint density at radius 3 is 2.66 bits per heavy atom. The molecule has 0 spiro atoms. The number of hydrogen-bond acceptors (Lipinski definition) is 6. The molecule has 0 atom stereocenters. The van der Waals surface area contributed by atoms with E-state index in [9.17, 15) is 19.7 Å². The van der Waals surface area contributed by atoms with Crippen LogP contribution in [0.15, 0.2) is 42.7 Å². The number of nitrogens with one attached hydrogen (secondary N) is 2. The van der Waals surface area contributed by atoms with E-state index in [0.717, 1.165) is 5.56 Å². The highest BCUT2D eigenvalue weighted by molar-refractivity contribution is 5.95. The summed E-state index contributed by atoms with van der Waals surface area (Å²) in [6.45, 7) is 1.50. The van der Waals surface area contributed by atoms with Crippen molar-refractivity contribution in [2.24, 2.45) is 5.92 Å². The van der Waals surface area contributed by atoms with Crippen molar-refractivity contribution in [2.45, 2.75) is 19.4 Å². The molecule has 1 aromatic carbocycles. The number of nitro groups is 1. The van der Waals surface area contributed by atoms with Crippen LogP contribution in [0.3, 0.4) is 0 Å². The van der Waals surface area contributed by atoms with E-state index in [1.54, 1.807) is 24.5 Å². The minimum atomic E-state index is -0.478. The number of piperidine rings is 1. The van der Waals surface area contributed by atoms with Gasteiger partial charge in [0, 0.05) is 56.6 Å². The van der Waals surface area contributed by atoms with Gasteiger partial charge in [-0.05, 0) is 36.6 Å². The van der Waals surface area contributed by atoms with E-state index < -0.39 is 4.92 Å². The molecule has 1 saturated heterocycles. The lowest BCUT2D eigenvalue weighted by Crippen LogP contribution is -2.40. The molecule has 152 valence electrons. The van der Waals surface area contributed by atoms with E-state index in [1.165, 1.54) is 13.1 Å². The highest BCUT2D eigenvalue weighted by atomic mass is 16.6. The molecule has 1 aliphatic heterocycles. The van der Waals surface area contributed by atoms with Gasteiger partial charge in [-0.25, -0.2) is 0 Å². The molecule has 2 N–H and O–H groups in total. The molecular formula is C20H23N5O4. The fourth-order valence-corrected chi connectivity index (χ4v) is 3.44. The van der Waals surface area contributed by atoms with Gasteiger partial charge in [0.25, 0.3) is 11.6 Å². The van der Waals surface area contributed by atoms with Crippen molar-refractivity contribution in [1.29, 1.82) is 0 Å². The number of rotatable bonds is 6. The Morgan fingerprint density at radius 1 is 1.28 bits per heavy atom. The first-order valence-electron chi connectivity index (χ1n) is 9.41. The van der Waals surface area contributed by atoms with Crippen molar-refractivity contribution in [3.8, 4) is 0 Å². The van der Waals surface area contributed by atoms with Crippen molar-refractivity contribution >= 4 is 23.2 Å². The normalized spacial score (nSPS) is 14.3. The van der Waals surface area contributed by atoms with Crippen molar-refractivity contribution in [2.75, 3.05) is 25.0 Å². The molecule has 29 heavy (non-hydrogen) atoms. The topological polar surface area (TPSA) is 117 Å². The van der Waals surface area contributed by atoms with Gasteiger partial charge in [0.15, 0.2) is 0 Å². The number of benzene rings is 1. The van der Waals surface area contributed by atoms with Gasteiger partial charge >= 0.3 is 0 Å². The molecule has 9 heteroatoms. The van der Waals surface area contributed by atoms with Gasteiger partial charge in [0.2, 0.25) is 5.91 Å². The van der Waals surface area contributed by atoms with Crippen LogP contribution >= 0.6 is 0 Å². The summed E-state index contributed by atoms with van der Waals surface area (Å²) < 4.78 is 0. The Hall–Kier alpha value is -3.49. The zero-order valence-corrected chi connectivity index (χ0v) is 16.1. The zero-order chi connectivity index (χ0) is 20.8. The SMILES string of the molecule is CNC(=O)c1ccc(N2CCC(C(=O)NCc3cccnc3)CC2)c([N+](=O)[O-])c1. The Labute approximate surface area is 168 Å². The van der Waals surface area contributed by atoms with Crippen LogP contribution in [-0.2, 0) is 11.3 Å². The number of aromatic nitrogens is 1. The van der Waals surface area contributed by atoms with Gasteiger partial charge in [-0.3, -0.25) is 24.7 Å². The number of carbonyl (C=O) groups excluding carboxylic acids is 2. The third-order valence-corrected chi connectivity index (χ3v) is 5.06. The Kier molecular flexibility index (Phi) is 6.38. The molecule has 0 aliphatic carbocycles. The van der Waals surface area contributed by atoms with Gasteiger partial charge < -0.3 is 15.5 Å². The van der Waals surface area contributed by atoms with Gasteiger partial charge in [0.05, 0.1) is 4.92 Å². The fraction of sp³-hybridized carbons (Fsp3) is 0.350. The van der Waals surface area contributed by atoms with Crippen LogP contribution in [0, 0.1) is 16.0 Å². The highest BCUT2D eigenvalue weighted by Gasteiger charge is 2.28.